The van der Waals surface area contributed by atoms with Crippen LogP contribution in [0.15, 0.2) is 12.1 Å². The van der Waals surface area contributed by atoms with Crippen LogP contribution in [-0.2, 0) is 6.42 Å². The minimum absolute atomic E-state index is 0.00272. The molecule has 0 radical (unpaired) electrons. The van der Waals surface area contributed by atoms with E-state index in [1.165, 1.54) is 7.11 Å². The third kappa shape index (κ3) is 2.36. The van der Waals surface area contributed by atoms with Crippen LogP contribution in [0.2, 0.25) is 5.02 Å². The van der Waals surface area contributed by atoms with Crippen molar-refractivity contribution in [2.24, 2.45) is 0 Å². The topological polar surface area (TPSA) is 29.5 Å². The molecule has 14 heavy (non-hydrogen) atoms. The van der Waals surface area contributed by atoms with Gasteiger partial charge in [0.25, 0.3) is 0 Å². The molecule has 0 amide bonds. The van der Waals surface area contributed by atoms with E-state index in [1.807, 2.05) is 0 Å². The first kappa shape index (κ1) is 11.3. The highest BCUT2D eigenvalue weighted by molar-refractivity contribution is 6.32. The smallest absolute Gasteiger partial charge is 0.148 e. The number of methoxy groups -OCH3 is 1. The lowest BCUT2D eigenvalue weighted by Gasteiger charge is -2.07. The fourth-order valence-electron chi connectivity index (χ4n) is 1.19. The van der Waals surface area contributed by atoms with Crippen LogP contribution in [-0.4, -0.2) is 18.8 Å². The lowest BCUT2D eigenvalue weighted by Crippen LogP contribution is -1.96. The first-order valence-electron chi connectivity index (χ1n) is 4.32. The van der Waals surface area contributed by atoms with Crippen LogP contribution in [0.3, 0.4) is 0 Å². The molecular formula is C10H12ClFO2. The third-order valence-electron chi connectivity index (χ3n) is 1.95. The summed E-state index contributed by atoms with van der Waals surface area (Å²) in [6, 6.07) is 3.24. The Labute approximate surface area is 87.3 Å². The highest BCUT2D eigenvalue weighted by Gasteiger charge is 2.11. The van der Waals surface area contributed by atoms with Gasteiger partial charge in [0.1, 0.15) is 16.6 Å². The summed E-state index contributed by atoms with van der Waals surface area (Å²) in [5.74, 6) is -0.128. The van der Waals surface area contributed by atoms with Crippen molar-refractivity contribution >= 4 is 11.6 Å². The van der Waals surface area contributed by atoms with E-state index in [9.17, 15) is 4.39 Å². The Kier molecular flexibility index (Phi) is 4.17. The molecule has 0 aliphatic carbocycles. The van der Waals surface area contributed by atoms with Gasteiger partial charge in [0, 0.05) is 6.61 Å². The van der Waals surface area contributed by atoms with Crippen LogP contribution in [0.25, 0.3) is 0 Å². The Balaban J connectivity index is 2.92. The lowest BCUT2D eigenvalue weighted by molar-refractivity contribution is 0.288. The van der Waals surface area contributed by atoms with Gasteiger partial charge in [-0.15, -0.1) is 0 Å². The number of halogens is 2. The zero-order valence-electron chi connectivity index (χ0n) is 7.89. The molecule has 0 saturated carbocycles. The van der Waals surface area contributed by atoms with Crippen LogP contribution < -0.4 is 4.74 Å². The molecule has 0 aromatic heterocycles. The Morgan fingerprint density at radius 2 is 2.21 bits per heavy atom. The number of aliphatic hydroxyl groups excluding tert-OH is 1. The molecule has 2 nitrogen and oxygen atoms in total. The van der Waals surface area contributed by atoms with Gasteiger partial charge in [0.2, 0.25) is 0 Å². The van der Waals surface area contributed by atoms with Gasteiger partial charge in [0.15, 0.2) is 0 Å². The molecule has 0 unspecified atom stereocenters. The molecule has 0 atom stereocenters. The first-order chi connectivity index (χ1) is 6.70. The molecule has 1 aromatic rings. The molecule has 0 aliphatic rings. The second-order valence-corrected chi connectivity index (χ2v) is 3.26. The number of hydrogen-bond donors (Lipinski definition) is 1. The maximum atomic E-state index is 13.5. The van der Waals surface area contributed by atoms with Crippen molar-refractivity contribution < 1.29 is 14.2 Å². The van der Waals surface area contributed by atoms with Gasteiger partial charge in [-0.3, -0.25) is 0 Å². The largest absolute Gasteiger partial charge is 0.495 e. The summed E-state index contributed by atoms with van der Waals surface area (Å²) in [7, 11) is 1.44. The van der Waals surface area contributed by atoms with Gasteiger partial charge >= 0.3 is 0 Å². The molecule has 0 bridgehead atoms. The van der Waals surface area contributed by atoms with Crippen molar-refractivity contribution in [2.75, 3.05) is 13.7 Å². The molecular weight excluding hydrogens is 207 g/mol. The number of aryl methyl sites for hydroxylation is 1. The second-order valence-electron chi connectivity index (χ2n) is 2.88. The predicted octanol–water partition coefficient (Wildman–Crippen LogP) is 2.41. The number of aliphatic hydroxyl groups is 1. The lowest BCUT2D eigenvalue weighted by atomic mass is 10.1. The van der Waals surface area contributed by atoms with Crippen LogP contribution in [0, 0.1) is 5.82 Å². The number of hydrogen-bond acceptors (Lipinski definition) is 2. The first-order valence-corrected chi connectivity index (χ1v) is 4.70. The molecule has 0 saturated heterocycles. The summed E-state index contributed by atoms with van der Waals surface area (Å²) in [6.45, 7) is 0.0447. The monoisotopic (exact) mass is 218 g/mol. The summed E-state index contributed by atoms with van der Waals surface area (Å²) in [4.78, 5) is 0. The highest BCUT2D eigenvalue weighted by atomic mass is 35.5. The van der Waals surface area contributed by atoms with Crippen molar-refractivity contribution in [3.05, 3.63) is 28.5 Å². The van der Waals surface area contributed by atoms with Gasteiger partial charge < -0.3 is 9.84 Å². The Morgan fingerprint density at radius 1 is 1.50 bits per heavy atom. The van der Waals surface area contributed by atoms with E-state index in [0.717, 1.165) is 0 Å². The van der Waals surface area contributed by atoms with Crippen molar-refractivity contribution in [1.82, 2.24) is 0 Å². The van der Waals surface area contributed by atoms with Gasteiger partial charge in [-0.1, -0.05) is 17.7 Å². The number of ether oxygens (including phenoxy) is 1. The number of rotatable bonds is 4. The number of benzene rings is 1. The molecule has 0 heterocycles. The maximum Gasteiger partial charge on any atom is 0.148 e. The Morgan fingerprint density at radius 3 is 2.79 bits per heavy atom. The van der Waals surface area contributed by atoms with E-state index in [1.54, 1.807) is 12.1 Å². The SMILES string of the molecule is COc1ccc(CCCO)c(F)c1Cl. The summed E-state index contributed by atoms with van der Waals surface area (Å²) in [5, 5.41) is 8.61. The van der Waals surface area contributed by atoms with Gasteiger partial charge in [-0.05, 0) is 24.5 Å². The molecule has 4 heteroatoms. The fraction of sp³-hybridized carbons (Fsp3) is 0.400. The molecule has 78 valence electrons. The van der Waals surface area contributed by atoms with Crippen LogP contribution >= 0.6 is 11.6 Å². The highest BCUT2D eigenvalue weighted by Crippen LogP contribution is 2.29. The van der Waals surface area contributed by atoms with Gasteiger partial charge in [-0.2, -0.15) is 0 Å². The van der Waals surface area contributed by atoms with E-state index in [2.05, 4.69) is 0 Å². The van der Waals surface area contributed by atoms with Crippen LogP contribution in [0.5, 0.6) is 5.75 Å². The Bertz CT molecular complexity index is 315. The Hall–Kier alpha value is -0.800. The van der Waals surface area contributed by atoms with E-state index in [0.29, 0.717) is 24.2 Å². The van der Waals surface area contributed by atoms with Crippen molar-refractivity contribution in [3.63, 3.8) is 0 Å². The molecule has 0 aliphatic heterocycles. The van der Waals surface area contributed by atoms with E-state index in [4.69, 9.17) is 21.4 Å². The van der Waals surface area contributed by atoms with E-state index >= 15 is 0 Å². The van der Waals surface area contributed by atoms with E-state index < -0.39 is 5.82 Å². The minimum Gasteiger partial charge on any atom is -0.495 e. The minimum atomic E-state index is -0.459. The molecule has 0 spiro atoms. The predicted molar refractivity (Wildman–Crippen MR) is 53.4 cm³/mol. The molecule has 1 rings (SSSR count). The summed E-state index contributed by atoms with van der Waals surface area (Å²) in [5.41, 5.74) is 0.504. The average molecular weight is 219 g/mol. The average Bonchev–Trinajstić information content (AvgIpc) is 2.20. The second kappa shape index (κ2) is 5.17. The standard InChI is InChI=1S/C10H12ClFO2/c1-14-8-5-4-7(3-2-6-13)10(12)9(8)11/h4-5,13H,2-3,6H2,1H3. The van der Waals surface area contributed by atoms with Gasteiger partial charge in [-0.25, -0.2) is 4.39 Å². The zero-order chi connectivity index (χ0) is 10.6. The third-order valence-corrected chi connectivity index (χ3v) is 2.30. The van der Waals surface area contributed by atoms with Crippen molar-refractivity contribution in [2.45, 2.75) is 12.8 Å². The maximum absolute atomic E-state index is 13.5. The zero-order valence-corrected chi connectivity index (χ0v) is 8.64. The summed E-state index contributed by atoms with van der Waals surface area (Å²) in [6.07, 6.45) is 1.01. The van der Waals surface area contributed by atoms with E-state index in [-0.39, 0.29) is 11.6 Å². The summed E-state index contributed by atoms with van der Waals surface area (Å²) >= 11 is 5.71. The summed E-state index contributed by atoms with van der Waals surface area (Å²) < 4.78 is 18.3. The van der Waals surface area contributed by atoms with Gasteiger partial charge in [0.05, 0.1) is 7.11 Å². The molecule has 1 aromatic carbocycles. The normalized spacial score (nSPS) is 10.3. The van der Waals surface area contributed by atoms with Crippen molar-refractivity contribution in [3.8, 4) is 5.75 Å². The quantitative estimate of drug-likeness (QED) is 0.841. The van der Waals surface area contributed by atoms with Crippen LogP contribution in [0.1, 0.15) is 12.0 Å². The molecule has 1 N–H and O–H groups in total. The van der Waals surface area contributed by atoms with Crippen LogP contribution in [0.4, 0.5) is 4.39 Å². The van der Waals surface area contributed by atoms with Crippen molar-refractivity contribution in [1.29, 1.82) is 0 Å². The molecule has 0 fully saturated rings. The fourth-order valence-corrected chi connectivity index (χ4v) is 1.45.